The maximum Gasteiger partial charge on any atom is 0.338 e. The molecule has 0 aliphatic rings. The van der Waals surface area contributed by atoms with Crippen molar-refractivity contribution in [1.82, 2.24) is 0 Å². The van der Waals surface area contributed by atoms with Crippen molar-refractivity contribution in [2.45, 2.75) is 0 Å². The van der Waals surface area contributed by atoms with E-state index in [1.807, 2.05) is 18.2 Å². The van der Waals surface area contributed by atoms with Gasteiger partial charge in [0, 0.05) is 10.2 Å². The van der Waals surface area contributed by atoms with Crippen LogP contribution in [0.1, 0.15) is 10.4 Å². The Bertz CT molecular complexity index is 596. The first kappa shape index (κ1) is 14.3. The summed E-state index contributed by atoms with van der Waals surface area (Å²) >= 11 is 3.28. The van der Waals surface area contributed by atoms with Gasteiger partial charge in [0.1, 0.15) is 0 Å². The van der Waals surface area contributed by atoms with Crippen LogP contribution in [0.2, 0.25) is 0 Å². The van der Waals surface area contributed by atoms with Gasteiger partial charge in [-0.1, -0.05) is 34.1 Å². The molecule has 0 aliphatic carbocycles. The maximum atomic E-state index is 11.7. The molecule has 0 heterocycles. The second-order valence-corrected chi connectivity index (χ2v) is 4.91. The predicted molar refractivity (Wildman–Crippen MR) is 79.5 cm³/mol. The number of carbonyl (C=O) groups is 2. The molecule has 20 heavy (non-hydrogen) atoms. The first-order valence-corrected chi connectivity index (χ1v) is 6.72. The topological polar surface area (TPSA) is 55.4 Å². The van der Waals surface area contributed by atoms with Crippen molar-refractivity contribution in [3.05, 3.63) is 64.6 Å². The third kappa shape index (κ3) is 4.20. The van der Waals surface area contributed by atoms with Crippen LogP contribution in [0.4, 0.5) is 5.69 Å². The first-order valence-electron chi connectivity index (χ1n) is 5.93. The van der Waals surface area contributed by atoms with Crippen molar-refractivity contribution in [2.75, 3.05) is 11.9 Å². The van der Waals surface area contributed by atoms with Crippen LogP contribution < -0.4 is 5.32 Å². The standard InChI is InChI=1S/C15H12BrNO3/c16-12-8-6-11(7-9-12)15(19)20-10-14(18)17-13-4-2-1-3-5-13/h1-9H,10H2,(H,17,18). The molecule has 0 aliphatic heterocycles. The molecular formula is C15H12BrNO3. The normalized spacial score (nSPS) is 9.85. The first-order chi connectivity index (χ1) is 9.65. The number of benzene rings is 2. The Kier molecular flexibility index (Phi) is 4.90. The minimum absolute atomic E-state index is 0.316. The molecule has 0 atom stereocenters. The Balaban J connectivity index is 1.84. The van der Waals surface area contributed by atoms with Gasteiger partial charge in [0.05, 0.1) is 5.56 Å². The number of hydrogen-bond donors (Lipinski definition) is 1. The fraction of sp³-hybridized carbons (Fsp3) is 0.0667. The summed E-state index contributed by atoms with van der Waals surface area (Å²) in [6.07, 6.45) is 0. The van der Waals surface area contributed by atoms with E-state index in [0.717, 1.165) is 4.47 Å². The highest BCUT2D eigenvalue weighted by Gasteiger charge is 2.10. The van der Waals surface area contributed by atoms with Crippen molar-refractivity contribution in [2.24, 2.45) is 0 Å². The molecule has 0 spiro atoms. The van der Waals surface area contributed by atoms with E-state index in [-0.39, 0.29) is 12.5 Å². The number of nitrogens with one attached hydrogen (secondary N) is 1. The Morgan fingerprint density at radius 1 is 1.00 bits per heavy atom. The number of amides is 1. The highest BCUT2D eigenvalue weighted by molar-refractivity contribution is 9.10. The highest BCUT2D eigenvalue weighted by atomic mass is 79.9. The Morgan fingerprint density at radius 2 is 1.65 bits per heavy atom. The van der Waals surface area contributed by atoms with Gasteiger partial charge in [-0.2, -0.15) is 0 Å². The number of rotatable bonds is 4. The van der Waals surface area contributed by atoms with E-state index in [2.05, 4.69) is 21.2 Å². The zero-order chi connectivity index (χ0) is 14.4. The molecule has 1 amide bonds. The van der Waals surface area contributed by atoms with Gasteiger partial charge in [0.2, 0.25) is 0 Å². The molecular weight excluding hydrogens is 322 g/mol. The average molecular weight is 334 g/mol. The minimum atomic E-state index is -0.527. The van der Waals surface area contributed by atoms with Crippen LogP contribution in [0.5, 0.6) is 0 Å². The lowest BCUT2D eigenvalue weighted by Gasteiger charge is -2.06. The molecule has 102 valence electrons. The van der Waals surface area contributed by atoms with Gasteiger partial charge in [-0.05, 0) is 36.4 Å². The molecule has 2 aromatic rings. The molecule has 0 saturated heterocycles. The van der Waals surface area contributed by atoms with Crippen LogP contribution in [0.25, 0.3) is 0 Å². The second kappa shape index (κ2) is 6.86. The van der Waals surface area contributed by atoms with E-state index in [1.165, 1.54) is 0 Å². The van der Waals surface area contributed by atoms with Crippen molar-refractivity contribution >= 4 is 33.5 Å². The minimum Gasteiger partial charge on any atom is -0.452 e. The molecule has 0 unspecified atom stereocenters. The number of ether oxygens (including phenoxy) is 1. The van der Waals surface area contributed by atoms with Gasteiger partial charge in [0.15, 0.2) is 6.61 Å². The summed E-state index contributed by atoms with van der Waals surface area (Å²) < 4.78 is 5.81. The van der Waals surface area contributed by atoms with Gasteiger partial charge >= 0.3 is 5.97 Å². The van der Waals surface area contributed by atoms with E-state index in [1.54, 1.807) is 36.4 Å². The van der Waals surface area contributed by atoms with Crippen molar-refractivity contribution in [3.63, 3.8) is 0 Å². The van der Waals surface area contributed by atoms with Crippen molar-refractivity contribution in [1.29, 1.82) is 0 Å². The molecule has 0 fully saturated rings. The van der Waals surface area contributed by atoms with E-state index in [9.17, 15) is 9.59 Å². The van der Waals surface area contributed by atoms with Crippen molar-refractivity contribution in [3.8, 4) is 0 Å². The lowest BCUT2D eigenvalue weighted by atomic mass is 10.2. The summed E-state index contributed by atoms with van der Waals surface area (Å²) in [5.74, 6) is -0.901. The third-order valence-corrected chi connectivity index (χ3v) is 3.00. The number of halogens is 1. The smallest absolute Gasteiger partial charge is 0.338 e. The zero-order valence-corrected chi connectivity index (χ0v) is 12.1. The molecule has 0 saturated carbocycles. The largest absolute Gasteiger partial charge is 0.452 e. The average Bonchev–Trinajstić information content (AvgIpc) is 2.46. The number of esters is 1. The summed E-state index contributed by atoms with van der Waals surface area (Å²) in [6.45, 7) is -0.316. The second-order valence-electron chi connectivity index (χ2n) is 4.00. The van der Waals surface area contributed by atoms with Crippen LogP contribution >= 0.6 is 15.9 Å². The van der Waals surface area contributed by atoms with Crippen LogP contribution in [-0.4, -0.2) is 18.5 Å². The van der Waals surface area contributed by atoms with Gasteiger partial charge < -0.3 is 10.1 Å². The predicted octanol–water partition coefficient (Wildman–Crippen LogP) is 3.24. The van der Waals surface area contributed by atoms with E-state index >= 15 is 0 Å². The molecule has 0 aromatic heterocycles. The fourth-order valence-corrected chi connectivity index (χ4v) is 1.78. The van der Waals surface area contributed by atoms with Crippen LogP contribution in [0.15, 0.2) is 59.1 Å². The van der Waals surface area contributed by atoms with Crippen LogP contribution in [0, 0.1) is 0 Å². The summed E-state index contributed by atoms with van der Waals surface area (Å²) in [5, 5.41) is 2.63. The van der Waals surface area contributed by atoms with Gasteiger partial charge in [-0.25, -0.2) is 4.79 Å². The monoisotopic (exact) mass is 333 g/mol. The third-order valence-electron chi connectivity index (χ3n) is 2.47. The fourth-order valence-electron chi connectivity index (χ4n) is 1.52. The lowest BCUT2D eigenvalue weighted by Crippen LogP contribution is -2.20. The van der Waals surface area contributed by atoms with E-state index in [4.69, 9.17) is 4.74 Å². The number of hydrogen-bond acceptors (Lipinski definition) is 3. The SMILES string of the molecule is O=C(COC(=O)c1ccc(Br)cc1)Nc1ccccc1. The molecule has 4 nitrogen and oxygen atoms in total. The van der Waals surface area contributed by atoms with Gasteiger partial charge in [-0.15, -0.1) is 0 Å². The van der Waals surface area contributed by atoms with E-state index < -0.39 is 5.97 Å². The Hall–Kier alpha value is -2.14. The van der Waals surface area contributed by atoms with Crippen LogP contribution in [-0.2, 0) is 9.53 Å². The molecule has 2 rings (SSSR count). The summed E-state index contributed by atoms with van der Waals surface area (Å²) in [7, 11) is 0. The van der Waals surface area contributed by atoms with Gasteiger partial charge in [-0.3, -0.25) is 4.79 Å². The molecule has 2 aromatic carbocycles. The maximum absolute atomic E-state index is 11.7. The van der Waals surface area contributed by atoms with Crippen LogP contribution in [0.3, 0.4) is 0 Å². The van der Waals surface area contributed by atoms with E-state index in [0.29, 0.717) is 11.3 Å². The Morgan fingerprint density at radius 3 is 2.30 bits per heavy atom. The summed E-state index contributed by atoms with van der Waals surface area (Å²) in [5.41, 5.74) is 1.07. The van der Waals surface area contributed by atoms with Gasteiger partial charge in [0.25, 0.3) is 5.91 Å². The summed E-state index contributed by atoms with van der Waals surface area (Å²) in [4.78, 5) is 23.3. The summed E-state index contributed by atoms with van der Waals surface area (Å²) in [6, 6.07) is 15.7. The van der Waals surface area contributed by atoms with Crippen molar-refractivity contribution < 1.29 is 14.3 Å². The quantitative estimate of drug-likeness (QED) is 0.874. The Labute approximate surface area is 124 Å². The number of carbonyl (C=O) groups excluding carboxylic acids is 2. The number of para-hydroxylation sites is 1. The number of anilines is 1. The lowest BCUT2D eigenvalue weighted by molar-refractivity contribution is -0.119. The molecule has 0 bridgehead atoms. The zero-order valence-electron chi connectivity index (χ0n) is 10.5. The molecule has 1 N–H and O–H groups in total. The molecule has 0 radical (unpaired) electrons. The highest BCUT2D eigenvalue weighted by Crippen LogP contribution is 2.11. The molecule has 5 heteroatoms.